The van der Waals surface area contributed by atoms with E-state index in [9.17, 15) is 9.90 Å². The number of carbonyl (C=O) groups excluding carboxylic acids is 1. The number of carbonyl (C=O) groups is 1. The van der Waals surface area contributed by atoms with E-state index in [4.69, 9.17) is 11.6 Å². The number of rotatable bonds is 5. The summed E-state index contributed by atoms with van der Waals surface area (Å²) < 4.78 is 0. The standard InChI is InChI=1S/C16H16ClNO2/c17-14-8-6-13(7-9-14)16(20)18-11-15(19)10-12-4-2-1-3-5-12/h1-9,15,19H,10-11H2,(H,18,20). The first-order valence-corrected chi connectivity index (χ1v) is 6.78. The summed E-state index contributed by atoms with van der Waals surface area (Å²) in [5, 5.41) is 13.2. The zero-order valence-electron chi connectivity index (χ0n) is 10.9. The Hall–Kier alpha value is -1.84. The first kappa shape index (κ1) is 14.6. The van der Waals surface area contributed by atoms with Crippen LogP contribution in [0.25, 0.3) is 0 Å². The molecule has 1 unspecified atom stereocenters. The van der Waals surface area contributed by atoms with E-state index >= 15 is 0 Å². The highest BCUT2D eigenvalue weighted by molar-refractivity contribution is 6.30. The number of hydrogen-bond donors (Lipinski definition) is 2. The number of aliphatic hydroxyl groups is 1. The van der Waals surface area contributed by atoms with Crippen LogP contribution in [-0.4, -0.2) is 23.7 Å². The summed E-state index contributed by atoms with van der Waals surface area (Å²) in [4.78, 5) is 11.8. The Balaban J connectivity index is 1.82. The van der Waals surface area contributed by atoms with Gasteiger partial charge >= 0.3 is 0 Å². The van der Waals surface area contributed by atoms with Gasteiger partial charge in [0.25, 0.3) is 5.91 Å². The molecular formula is C16H16ClNO2. The van der Waals surface area contributed by atoms with Gasteiger partial charge in [-0.15, -0.1) is 0 Å². The first-order valence-electron chi connectivity index (χ1n) is 6.41. The quantitative estimate of drug-likeness (QED) is 0.889. The van der Waals surface area contributed by atoms with Crippen LogP contribution in [0.1, 0.15) is 15.9 Å². The molecule has 0 spiro atoms. The predicted molar refractivity (Wildman–Crippen MR) is 79.9 cm³/mol. The van der Waals surface area contributed by atoms with Gasteiger partial charge in [0.2, 0.25) is 0 Å². The largest absolute Gasteiger partial charge is 0.391 e. The maximum absolute atomic E-state index is 11.8. The fourth-order valence-corrected chi connectivity index (χ4v) is 2.00. The molecule has 20 heavy (non-hydrogen) atoms. The summed E-state index contributed by atoms with van der Waals surface area (Å²) in [6.45, 7) is 0.219. The lowest BCUT2D eigenvalue weighted by atomic mass is 10.1. The van der Waals surface area contributed by atoms with Crippen LogP contribution in [0.5, 0.6) is 0 Å². The van der Waals surface area contributed by atoms with Gasteiger partial charge in [0.15, 0.2) is 0 Å². The van der Waals surface area contributed by atoms with Crippen LogP contribution >= 0.6 is 11.6 Å². The summed E-state index contributed by atoms with van der Waals surface area (Å²) >= 11 is 5.76. The molecule has 2 aromatic rings. The lowest BCUT2D eigenvalue weighted by Crippen LogP contribution is -2.33. The van der Waals surface area contributed by atoms with Gasteiger partial charge in [-0.2, -0.15) is 0 Å². The summed E-state index contributed by atoms with van der Waals surface area (Å²) in [7, 11) is 0. The monoisotopic (exact) mass is 289 g/mol. The van der Waals surface area contributed by atoms with Crippen molar-refractivity contribution in [2.75, 3.05) is 6.54 Å². The first-order chi connectivity index (χ1) is 9.65. The molecule has 2 rings (SSSR count). The van der Waals surface area contributed by atoms with E-state index in [0.717, 1.165) is 5.56 Å². The molecule has 3 nitrogen and oxygen atoms in total. The van der Waals surface area contributed by atoms with Gasteiger partial charge in [0, 0.05) is 23.6 Å². The van der Waals surface area contributed by atoms with Gasteiger partial charge in [0.1, 0.15) is 0 Å². The van der Waals surface area contributed by atoms with Crippen molar-refractivity contribution in [2.45, 2.75) is 12.5 Å². The van der Waals surface area contributed by atoms with E-state index in [0.29, 0.717) is 17.0 Å². The number of benzene rings is 2. The topological polar surface area (TPSA) is 49.3 Å². The number of amides is 1. The summed E-state index contributed by atoms with van der Waals surface area (Å²) in [5.74, 6) is -0.214. The smallest absolute Gasteiger partial charge is 0.251 e. The Bertz CT molecular complexity index is 554. The third-order valence-electron chi connectivity index (χ3n) is 2.92. The fourth-order valence-electron chi connectivity index (χ4n) is 1.87. The predicted octanol–water partition coefficient (Wildman–Crippen LogP) is 2.67. The molecule has 104 valence electrons. The zero-order valence-corrected chi connectivity index (χ0v) is 11.7. The normalized spacial score (nSPS) is 11.9. The highest BCUT2D eigenvalue weighted by Gasteiger charge is 2.09. The van der Waals surface area contributed by atoms with Crippen molar-refractivity contribution >= 4 is 17.5 Å². The highest BCUT2D eigenvalue weighted by Crippen LogP contribution is 2.09. The molecule has 2 aromatic carbocycles. The van der Waals surface area contributed by atoms with Crippen LogP contribution in [0.4, 0.5) is 0 Å². The van der Waals surface area contributed by atoms with E-state index in [2.05, 4.69) is 5.32 Å². The van der Waals surface area contributed by atoms with E-state index in [-0.39, 0.29) is 12.5 Å². The number of nitrogens with one attached hydrogen (secondary N) is 1. The summed E-state index contributed by atoms with van der Waals surface area (Å²) in [6.07, 6.45) is -0.0875. The fraction of sp³-hybridized carbons (Fsp3) is 0.188. The molecule has 0 radical (unpaired) electrons. The lowest BCUT2D eigenvalue weighted by Gasteiger charge is -2.12. The van der Waals surface area contributed by atoms with Crippen LogP contribution in [0, 0.1) is 0 Å². The summed E-state index contributed by atoms with van der Waals surface area (Å²) in [6, 6.07) is 16.3. The van der Waals surface area contributed by atoms with Gasteiger partial charge in [-0.3, -0.25) is 4.79 Å². The van der Waals surface area contributed by atoms with Crippen molar-refractivity contribution in [3.63, 3.8) is 0 Å². The van der Waals surface area contributed by atoms with Crippen molar-refractivity contribution in [3.05, 3.63) is 70.7 Å². The molecule has 0 saturated heterocycles. The molecule has 1 atom stereocenters. The highest BCUT2D eigenvalue weighted by atomic mass is 35.5. The van der Waals surface area contributed by atoms with Crippen LogP contribution in [0.2, 0.25) is 5.02 Å². The minimum absolute atomic E-state index is 0.214. The van der Waals surface area contributed by atoms with Crippen LogP contribution in [-0.2, 0) is 6.42 Å². The molecule has 0 aliphatic rings. The SMILES string of the molecule is O=C(NCC(O)Cc1ccccc1)c1ccc(Cl)cc1. The van der Waals surface area contributed by atoms with Gasteiger partial charge in [-0.05, 0) is 29.8 Å². The van der Waals surface area contributed by atoms with Crippen molar-refractivity contribution in [3.8, 4) is 0 Å². The number of aliphatic hydroxyl groups excluding tert-OH is 1. The van der Waals surface area contributed by atoms with Crippen LogP contribution < -0.4 is 5.32 Å². The Morgan fingerprint density at radius 2 is 1.75 bits per heavy atom. The van der Waals surface area contributed by atoms with Crippen molar-refractivity contribution in [1.82, 2.24) is 5.32 Å². The molecule has 2 N–H and O–H groups in total. The Morgan fingerprint density at radius 1 is 1.10 bits per heavy atom. The Morgan fingerprint density at radius 3 is 2.40 bits per heavy atom. The molecule has 0 saturated carbocycles. The second-order valence-corrected chi connectivity index (χ2v) is 5.00. The van der Waals surface area contributed by atoms with Crippen molar-refractivity contribution in [2.24, 2.45) is 0 Å². The third-order valence-corrected chi connectivity index (χ3v) is 3.17. The summed E-state index contributed by atoms with van der Waals surface area (Å²) in [5.41, 5.74) is 1.57. The maximum atomic E-state index is 11.8. The second-order valence-electron chi connectivity index (χ2n) is 4.56. The second kappa shape index (κ2) is 7.08. The average molecular weight is 290 g/mol. The zero-order chi connectivity index (χ0) is 14.4. The molecular weight excluding hydrogens is 274 g/mol. The van der Waals surface area contributed by atoms with Crippen molar-refractivity contribution < 1.29 is 9.90 Å². The third kappa shape index (κ3) is 4.37. The van der Waals surface area contributed by atoms with E-state index in [1.807, 2.05) is 30.3 Å². The molecule has 0 aliphatic heterocycles. The number of halogens is 1. The van der Waals surface area contributed by atoms with E-state index in [1.165, 1.54) is 0 Å². The minimum atomic E-state index is -0.603. The lowest BCUT2D eigenvalue weighted by molar-refractivity contribution is 0.0916. The molecule has 0 aliphatic carbocycles. The van der Waals surface area contributed by atoms with Gasteiger partial charge in [-0.25, -0.2) is 0 Å². The van der Waals surface area contributed by atoms with E-state index in [1.54, 1.807) is 24.3 Å². The molecule has 4 heteroatoms. The van der Waals surface area contributed by atoms with Gasteiger partial charge in [0.05, 0.1) is 6.10 Å². The van der Waals surface area contributed by atoms with Gasteiger partial charge in [-0.1, -0.05) is 41.9 Å². The van der Waals surface area contributed by atoms with E-state index < -0.39 is 6.10 Å². The van der Waals surface area contributed by atoms with Crippen LogP contribution in [0.15, 0.2) is 54.6 Å². The van der Waals surface area contributed by atoms with Gasteiger partial charge < -0.3 is 10.4 Å². The average Bonchev–Trinajstić information content (AvgIpc) is 2.46. The molecule has 0 heterocycles. The minimum Gasteiger partial charge on any atom is -0.391 e. The Labute approximate surface area is 123 Å². The molecule has 0 bridgehead atoms. The molecule has 0 fully saturated rings. The Kier molecular flexibility index (Phi) is 5.16. The molecule has 1 amide bonds. The molecule has 0 aromatic heterocycles. The van der Waals surface area contributed by atoms with Crippen molar-refractivity contribution in [1.29, 1.82) is 0 Å². The number of hydrogen-bond acceptors (Lipinski definition) is 2. The van der Waals surface area contributed by atoms with Crippen LogP contribution in [0.3, 0.4) is 0 Å². The maximum Gasteiger partial charge on any atom is 0.251 e.